The standard InChI is InChI=1S/C37H48N4O6/c1-7-9-10-11-15-18-30(38-35(45)47-36(3,4)5)33(43)41-25-40(29-21-19-27(20-22-29)26-16-13-12-14-17-26)24-31(41)32(42)39-37(34(44)46-6)23-28(37)8-2/h7-8,12-14,16-17,19-22,28,30-31H,1-2,9-11,15,18,23-25H2,3-6H3,(H,38,45)(H,39,42)/t28-,30+,31+,37-/m1/s1. The van der Waals surface area contributed by atoms with Crippen molar-refractivity contribution >= 4 is 29.6 Å². The molecule has 2 fully saturated rings. The topological polar surface area (TPSA) is 117 Å². The third-order valence-electron chi connectivity index (χ3n) is 8.60. The Morgan fingerprint density at radius 1 is 1.00 bits per heavy atom. The molecule has 1 saturated heterocycles. The molecule has 4 atom stereocenters. The number of alkyl carbamates (subject to hydrolysis) is 1. The van der Waals surface area contributed by atoms with Crippen molar-refractivity contribution in [1.82, 2.24) is 15.5 Å². The smallest absolute Gasteiger partial charge is 0.408 e. The van der Waals surface area contributed by atoms with Crippen molar-refractivity contribution < 1.29 is 28.7 Å². The largest absolute Gasteiger partial charge is 0.467 e. The summed E-state index contributed by atoms with van der Waals surface area (Å²) < 4.78 is 10.5. The van der Waals surface area contributed by atoms with Crippen LogP contribution in [0.1, 0.15) is 59.3 Å². The minimum absolute atomic E-state index is 0.112. The third kappa shape index (κ3) is 8.81. The summed E-state index contributed by atoms with van der Waals surface area (Å²) in [5, 5.41) is 5.67. The molecule has 0 spiro atoms. The van der Waals surface area contributed by atoms with Gasteiger partial charge in [0.1, 0.15) is 23.2 Å². The number of esters is 1. The molecule has 0 bridgehead atoms. The minimum atomic E-state index is -1.22. The normalized spacial score (nSPS) is 20.9. The van der Waals surface area contributed by atoms with Crippen LogP contribution >= 0.6 is 0 Å². The van der Waals surface area contributed by atoms with Crippen molar-refractivity contribution in [3.8, 4) is 11.1 Å². The van der Waals surface area contributed by atoms with Crippen LogP contribution in [0.5, 0.6) is 0 Å². The number of nitrogens with one attached hydrogen (secondary N) is 2. The van der Waals surface area contributed by atoms with Crippen LogP contribution in [0.2, 0.25) is 0 Å². The summed E-state index contributed by atoms with van der Waals surface area (Å²) in [6, 6.07) is 16.1. The maximum Gasteiger partial charge on any atom is 0.408 e. The SMILES string of the molecule is C=CCCCCC[C@H](NC(=O)OC(C)(C)C)C(=O)N1CN(c2ccc(-c3ccccc3)cc2)C[C@H]1C(=O)N[C@]1(C(=O)OC)C[C@H]1C=C. The summed E-state index contributed by atoms with van der Waals surface area (Å²) in [6.07, 6.45) is 6.83. The van der Waals surface area contributed by atoms with E-state index in [9.17, 15) is 19.2 Å². The maximum atomic E-state index is 14.3. The molecule has 10 nitrogen and oxygen atoms in total. The molecule has 0 radical (unpaired) electrons. The Morgan fingerprint density at radius 3 is 2.28 bits per heavy atom. The van der Waals surface area contributed by atoms with Gasteiger partial charge in [-0.05, 0) is 69.7 Å². The van der Waals surface area contributed by atoms with Crippen LogP contribution < -0.4 is 15.5 Å². The van der Waals surface area contributed by atoms with Gasteiger partial charge in [0.25, 0.3) is 0 Å². The molecule has 252 valence electrons. The Balaban J connectivity index is 1.61. The van der Waals surface area contributed by atoms with Gasteiger partial charge < -0.3 is 29.9 Å². The molecule has 10 heteroatoms. The predicted molar refractivity (Wildman–Crippen MR) is 182 cm³/mol. The number of nitrogens with zero attached hydrogens (tertiary/aromatic N) is 2. The lowest BCUT2D eigenvalue weighted by atomic mass is 10.0. The summed E-state index contributed by atoms with van der Waals surface area (Å²) in [5.41, 5.74) is 0.976. The van der Waals surface area contributed by atoms with E-state index < -0.39 is 47.1 Å². The van der Waals surface area contributed by atoms with Crippen molar-refractivity contribution in [2.24, 2.45) is 5.92 Å². The number of hydrogen-bond acceptors (Lipinski definition) is 7. The maximum absolute atomic E-state index is 14.3. The average Bonchev–Trinajstić information content (AvgIpc) is 3.58. The molecular weight excluding hydrogens is 596 g/mol. The molecule has 0 aromatic heterocycles. The van der Waals surface area contributed by atoms with Crippen LogP contribution in [0.15, 0.2) is 79.9 Å². The van der Waals surface area contributed by atoms with E-state index in [0.29, 0.717) is 19.3 Å². The van der Waals surface area contributed by atoms with E-state index in [1.807, 2.05) is 65.6 Å². The number of amides is 3. The van der Waals surface area contributed by atoms with Crippen molar-refractivity contribution in [3.63, 3.8) is 0 Å². The van der Waals surface area contributed by atoms with Crippen LogP contribution in [-0.2, 0) is 23.9 Å². The van der Waals surface area contributed by atoms with Gasteiger partial charge >= 0.3 is 12.1 Å². The van der Waals surface area contributed by atoms with Gasteiger partial charge in [-0.1, -0.05) is 67.5 Å². The Hall–Kier alpha value is -4.60. The molecule has 1 aliphatic heterocycles. The van der Waals surface area contributed by atoms with Crippen molar-refractivity contribution in [2.45, 2.75) is 82.5 Å². The first-order chi connectivity index (χ1) is 22.4. The summed E-state index contributed by atoms with van der Waals surface area (Å²) in [6.45, 7) is 13.1. The fourth-order valence-corrected chi connectivity index (χ4v) is 5.99. The highest BCUT2D eigenvalue weighted by Crippen LogP contribution is 2.45. The molecule has 2 aliphatic rings. The summed E-state index contributed by atoms with van der Waals surface area (Å²) in [5.74, 6) is -1.70. The second-order valence-electron chi connectivity index (χ2n) is 13.2. The number of benzene rings is 2. The highest BCUT2D eigenvalue weighted by atomic mass is 16.6. The first-order valence-electron chi connectivity index (χ1n) is 16.3. The van der Waals surface area contributed by atoms with Gasteiger partial charge in [0.2, 0.25) is 11.8 Å². The average molecular weight is 645 g/mol. The minimum Gasteiger partial charge on any atom is -0.467 e. The van der Waals surface area contributed by atoms with Gasteiger partial charge in [0.05, 0.1) is 13.8 Å². The molecule has 1 aliphatic carbocycles. The van der Waals surface area contributed by atoms with E-state index in [4.69, 9.17) is 9.47 Å². The lowest BCUT2D eigenvalue weighted by molar-refractivity contribution is -0.148. The van der Waals surface area contributed by atoms with Crippen LogP contribution in [0.25, 0.3) is 11.1 Å². The van der Waals surface area contributed by atoms with Crippen LogP contribution in [-0.4, -0.2) is 72.3 Å². The summed E-state index contributed by atoms with van der Waals surface area (Å²) in [4.78, 5) is 57.4. The Labute approximate surface area is 278 Å². The Morgan fingerprint density at radius 2 is 1.68 bits per heavy atom. The zero-order chi connectivity index (χ0) is 34.2. The molecule has 2 aromatic rings. The number of ether oxygens (including phenoxy) is 2. The van der Waals surface area contributed by atoms with Crippen molar-refractivity contribution in [2.75, 3.05) is 25.2 Å². The third-order valence-corrected chi connectivity index (χ3v) is 8.60. The zero-order valence-electron chi connectivity index (χ0n) is 28.0. The fourth-order valence-electron chi connectivity index (χ4n) is 5.99. The van der Waals surface area contributed by atoms with Crippen molar-refractivity contribution in [1.29, 1.82) is 0 Å². The Kier molecular flexibility index (Phi) is 11.5. The number of allylic oxidation sites excluding steroid dienone is 1. The first kappa shape index (κ1) is 35.3. The highest BCUT2D eigenvalue weighted by Gasteiger charge is 2.61. The zero-order valence-corrected chi connectivity index (χ0v) is 28.0. The second kappa shape index (κ2) is 15.3. The molecule has 2 N–H and O–H groups in total. The van der Waals surface area contributed by atoms with E-state index in [-0.39, 0.29) is 19.1 Å². The summed E-state index contributed by atoms with van der Waals surface area (Å²) in [7, 11) is 1.28. The number of carbonyl (C=O) groups excluding carboxylic acids is 4. The molecule has 3 amide bonds. The monoisotopic (exact) mass is 644 g/mol. The molecule has 0 unspecified atom stereocenters. The van der Waals surface area contributed by atoms with Gasteiger partial charge in [0, 0.05) is 18.2 Å². The number of anilines is 1. The predicted octanol–water partition coefficient (Wildman–Crippen LogP) is 5.59. The van der Waals surface area contributed by atoms with E-state index in [2.05, 4.69) is 23.8 Å². The van der Waals surface area contributed by atoms with Crippen LogP contribution in [0.3, 0.4) is 0 Å². The number of hydrogen-bond donors (Lipinski definition) is 2. The van der Waals surface area contributed by atoms with E-state index in [0.717, 1.165) is 36.1 Å². The van der Waals surface area contributed by atoms with Crippen molar-refractivity contribution in [3.05, 3.63) is 79.9 Å². The second-order valence-corrected chi connectivity index (χ2v) is 13.2. The summed E-state index contributed by atoms with van der Waals surface area (Å²) >= 11 is 0. The van der Waals surface area contributed by atoms with Gasteiger partial charge in [-0.2, -0.15) is 0 Å². The number of unbranched alkanes of at least 4 members (excludes halogenated alkanes) is 3. The van der Waals surface area contributed by atoms with Gasteiger partial charge in [-0.3, -0.25) is 9.59 Å². The van der Waals surface area contributed by atoms with Gasteiger partial charge in [0.15, 0.2) is 0 Å². The Bertz CT molecular complexity index is 1440. The van der Waals surface area contributed by atoms with Gasteiger partial charge in [-0.25, -0.2) is 9.59 Å². The molecule has 2 aromatic carbocycles. The fraction of sp³-hybridized carbons (Fsp3) is 0.459. The van der Waals surface area contributed by atoms with Gasteiger partial charge in [-0.15, -0.1) is 13.2 Å². The van der Waals surface area contributed by atoms with Crippen LogP contribution in [0.4, 0.5) is 10.5 Å². The van der Waals surface area contributed by atoms with E-state index in [1.54, 1.807) is 26.8 Å². The first-order valence-corrected chi connectivity index (χ1v) is 16.3. The highest BCUT2D eigenvalue weighted by molar-refractivity contribution is 5.97. The number of carbonyl (C=O) groups is 4. The lowest BCUT2D eigenvalue weighted by Gasteiger charge is -2.29. The molecule has 4 rings (SSSR count). The van der Waals surface area contributed by atoms with E-state index in [1.165, 1.54) is 12.0 Å². The van der Waals surface area contributed by atoms with Crippen LogP contribution in [0, 0.1) is 5.92 Å². The molecule has 47 heavy (non-hydrogen) atoms. The number of methoxy groups -OCH3 is 1. The molecular formula is C37H48N4O6. The number of rotatable bonds is 14. The van der Waals surface area contributed by atoms with E-state index >= 15 is 0 Å². The molecule has 1 heterocycles. The lowest BCUT2D eigenvalue weighted by Crippen LogP contribution is -2.57. The quantitative estimate of drug-likeness (QED) is 0.156. The molecule has 1 saturated carbocycles.